The number of esters is 1. The Kier molecular flexibility index (Phi) is 6.21. The van der Waals surface area contributed by atoms with E-state index in [1.807, 2.05) is 10.8 Å². The van der Waals surface area contributed by atoms with Crippen molar-refractivity contribution >= 4 is 27.7 Å². The number of carbonyl (C=O) groups excluding carboxylic acids is 2. The Bertz CT molecular complexity index is 1190. The smallest absolute Gasteiger partial charge is 0.340 e. The lowest BCUT2D eigenvalue weighted by atomic mass is 9.98. The van der Waals surface area contributed by atoms with E-state index in [9.17, 15) is 27.7 Å². The normalized spacial score (nSPS) is 13.8. The minimum Gasteiger partial charge on any atom is -0.462 e. The van der Waals surface area contributed by atoms with Crippen LogP contribution in [0.4, 0.5) is 10.2 Å². The highest BCUT2D eigenvalue weighted by molar-refractivity contribution is 7.90. The summed E-state index contributed by atoms with van der Waals surface area (Å²) in [5.41, 5.74) is 0.687. The molecule has 0 radical (unpaired) electrons. The fourth-order valence-electron chi connectivity index (χ4n) is 3.06. The van der Waals surface area contributed by atoms with Crippen LogP contribution in [-0.2, 0) is 19.6 Å². The van der Waals surface area contributed by atoms with Crippen molar-refractivity contribution in [3.05, 3.63) is 53.0 Å². The summed E-state index contributed by atoms with van der Waals surface area (Å²) in [6, 6.07) is 7.69. The van der Waals surface area contributed by atoms with E-state index in [4.69, 9.17) is 4.74 Å². The predicted octanol–water partition coefficient (Wildman–Crippen LogP) is 1.52. The van der Waals surface area contributed by atoms with Crippen molar-refractivity contribution in [3.63, 3.8) is 0 Å². The van der Waals surface area contributed by atoms with Crippen molar-refractivity contribution in [2.24, 2.45) is 5.92 Å². The van der Waals surface area contributed by atoms with Crippen LogP contribution in [0.1, 0.15) is 28.5 Å². The third-order valence-electron chi connectivity index (χ3n) is 4.70. The Labute approximate surface area is 178 Å². The number of amides is 1. The second kappa shape index (κ2) is 8.69. The van der Waals surface area contributed by atoms with Crippen LogP contribution >= 0.6 is 0 Å². The molecular weight excluding hydrogens is 427 g/mol. The van der Waals surface area contributed by atoms with E-state index < -0.39 is 33.6 Å². The molecule has 162 valence electrons. The van der Waals surface area contributed by atoms with Gasteiger partial charge in [-0.05, 0) is 38.1 Å². The number of pyridine rings is 1. The van der Waals surface area contributed by atoms with Gasteiger partial charge in [-0.1, -0.05) is 6.07 Å². The largest absolute Gasteiger partial charge is 0.462 e. The molecule has 1 aliphatic heterocycles. The van der Waals surface area contributed by atoms with Gasteiger partial charge in [0, 0.05) is 13.1 Å². The first-order chi connectivity index (χ1) is 14.7. The number of ether oxygens (including phenoxy) is 1. The quantitative estimate of drug-likeness (QED) is 0.661. The summed E-state index contributed by atoms with van der Waals surface area (Å²) in [5.74, 6) is -2.42. The van der Waals surface area contributed by atoms with Crippen LogP contribution in [0.25, 0.3) is 0 Å². The van der Waals surface area contributed by atoms with Crippen LogP contribution in [-0.4, -0.2) is 45.0 Å². The first-order valence-electron chi connectivity index (χ1n) is 9.32. The minimum absolute atomic E-state index is 0.129. The number of hydrogen-bond donors (Lipinski definition) is 1. The highest BCUT2D eigenvalue weighted by atomic mass is 32.2. The van der Waals surface area contributed by atoms with Crippen molar-refractivity contribution in [2.45, 2.75) is 18.7 Å². The summed E-state index contributed by atoms with van der Waals surface area (Å²) in [7, 11) is -4.20. The summed E-state index contributed by atoms with van der Waals surface area (Å²) in [6.07, 6.45) is 0. The monoisotopic (exact) mass is 446 g/mol. The number of anilines is 1. The minimum atomic E-state index is -4.20. The van der Waals surface area contributed by atoms with E-state index in [2.05, 4.69) is 4.98 Å². The molecule has 1 amide bonds. The maximum atomic E-state index is 13.3. The summed E-state index contributed by atoms with van der Waals surface area (Å²) >= 11 is 0. The SMILES string of the molecule is CCOC(=O)c1cc(C#N)c(N2CC(C(=O)NS(=O)(=O)c3cccc(F)c3)C2)nc1C. The van der Waals surface area contributed by atoms with Gasteiger partial charge >= 0.3 is 5.97 Å². The second-order valence-electron chi connectivity index (χ2n) is 6.85. The van der Waals surface area contributed by atoms with E-state index in [0.717, 1.165) is 12.1 Å². The van der Waals surface area contributed by atoms with Gasteiger partial charge in [-0.15, -0.1) is 0 Å². The summed E-state index contributed by atoms with van der Waals surface area (Å²) in [6.45, 7) is 3.71. The van der Waals surface area contributed by atoms with E-state index in [1.165, 1.54) is 18.2 Å². The highest BCUT2D eigenvalue weighted by Gasteiger charge is 2.37. The number of nitrogens with zero attached hydrogens (tertiary/aromatic N) is 3. The van der Waals surface area contributed by atoms with Crippen LogP contribution in [0, 0.1) is 30.0 Å². The molecule has 0 unspecified atom stereocenters. The van der Waals surface area contributed by atoms with Crippen molar-refractivity contribution in [1.82, 2.24) is 9.71 Å². The molecule has 9 nitrogen and oxygen atoms in total. The summed E-state index contributed by atoms with van der Waals surface area (Å²) in [5, 5.41) is 9.43. The van der Waals surface area contributed by atoms with Gasteiger partial charge in [0.25, 0.3) is 10.0 Å². The molecule has 1 aromatic heterocycles. The molecule has 3 rings (SSSR count). The first kappa shape index (κ1) is 22.2. The van der Waals surface area contributed by atoms with Gasteiger partial charge in [-0.2, -0.15) is 5.26 Å². The van der Waals surface area contributed by atoms with Crippen molar-refractivity contribution in [3.8, 4) is 6.07 Å². The molecule has 0 saturated carbocycles. The highest BCUT2D eigenvalue weighted by Crippen LogP contribution is 2.28. The summed E-state index contributed by atoms with van der Waals surface area (Å²) < 4.78 is 44.7. The molecule has 1 aliphatic rings. The number of nitrogens with one attached hydrogen (secondary N) is 1. The van der Waals surface area contributed by atoms with Crippen LogP contribution in [0.5, 0.6) is 0 Å². The molecule has 1 N–H and O–H groups in total. The molecular formula is C20H19FN4O5S. The maximum Gasteiger partial charge on any atom is 0.340 e. The van der Waals surface area contributed by atoms with Gasteiger partial charge in [0.05, 0.1) is 34.2 Å². The molecule has 2 heterocycles. The number of halogens is 1. The second-order valence-corrected chi connectivity index (χ2v) is 8.54. The Hall–Kier alpha value is -3.52. The van der Waals surface area contributed by atoms with Gasteiger partial charge in [0.1, 0.15) is 17.7 Å². The van der Waals surface area contributed by atoms with Crippen molar-refractivity contribution in [2.75, 3.05) is 24.6 Å². The third-order valence-corrected chi connectivity index (χ3v) is 6.05. The molecule has 31 heavy (non-hydrogen) atoms. The maximum absolute atomic E-state index is 13.3. The molecule has 11 heteroatoms. The average Bonchev–Trinajstić information content (AvgIpc) is 2.66. The molecule has 0 bridgehead atoms. The molecule has 0 spiro atoms. The van der Waals surface area contributed by atoms with Crippen molar-refractivity contribution < 1.29 is 27.1 Å². The Morgan fingerprint density at radius 2 is 2.06 bits per heavy atom. The van der Waals surface area contributed by atoms with Crippen LogP contribution in [0.3, 0.4) is 0 Å². The number of benzene rings is 1. The van der Waals surface area contributed by atoms with E-state index in [-0.39, 0.29) is 35.7 Å². The molecule has 2 aromatic rings. The van der Waals surface area contributed by atoms with Crippen molar-refractivity contribution in [1.29, 1.82) is 5.26 Å². The van der Waals surface area contributed by atoms with Crippen LogP contribution in [0.15, 0.2) is 35.2 Å². The topological polar surface area (TPSA) is 129 Å². The van der Waals surface area contributed by atoms with E-state index >= 15 is 0 Å². The zero-order valence-electron chi connectivity index (χ0n) is 16.8. The van der Waals surface area contributed by atoms with Gasteiger partial charge in [-0.25, -0.2) is 27.3 Å². The zero-order valence-corrected chi connectivity index (χ0v) is 17.6. The van der Waals surface area contributed by atoms with Crippen LogP contribution < -0.4 is 9.62 Å². The zero-order chi connectivity index (χ0) is 22.8. The number of nitriles is 1. The number of carbonyl (C=O) groups is 2. The summed E-state index contributed by atoms with van der Waals surface area (Å²) in [4.78, 5) is 29.9. The van der Waals surface area contributed by atoms with E-state index in [1.54, 1.807) is 18.7 Å². The lowest BCUT2D eigenvalue weighted by molar-refractivity contribution is -0.123. The fraction of sp³-hybridized carbons (Fsp3) is 0.300. The van der Waals surface area contributed by atoms with Gasteiger partial charge in [0.15, 0.2) is 0 Å². The number of aromatic nitrogens is 1. The molecule has 0 aliphatic carbocycles. The Morgan fingerprint density at radius 3 is 2.68 bits per heavy atom. The average molecular weight is 446 g/mol. The van der Waals surface area contributed by atoms with E-state index in [0.29, 0.717) is 11.5 Å². The Balaban J connectivity index is 1.71. The van der Waals surface area contributed by atoms with Crippen LogP contribution in [0.2, 0.25) is 0 Å². The van der Waals surface area contributed by atoms with Gasteiger partial charge in [-0.3, -0.25) is 4.79 Å². The fourth-order valence-corrected chi connectivity index (χ4v) is 4.13. The lowest BCUT2D eigenvalue weighted by Gasteiger charge is -2.39. The Morgan fingerprint density at radius 1 is 1.35 bits per heavy atom. The molecule has 0 atom stereocenters. The number of hydrogen-bond acceptors (Lipinski definition) is 8. The third kappa shape index (κ3) is 4.64. The molecule has 1 saturated heterocycles. The number of rotatable bonds is 6. The lowest BCUT2D eigenvalue weighted by Crippen LogP contribution is -2.55. The first-order valence-corrected chi connectivity index (χ1v) is 10.8. The predicted molar refractivity (Wildman–Crippen MR) is 107 cm³/mol. The molecule has 1 aromatic carbocycles. The number of sulfonamides is 1. The molecule has 1 fully saturated rings. The van der Waals surface area contributed by atoms with Gasteiger partial charge < -0.3 is 9.64 Å². The van der Waals surface area contributed by atoms with Gasteiger partial charge in [0.2, 0.25) is 5.91 Å². The number of aryl methyl sites for hydroxylation is 1. The standard InChI is InChI=1S/C20H19FN4O5S/c1-3-30-20(27)17-7-13(9-22)18(23-12(17)2)25-10-14(11-25)19(26)24-31(28,29)16-6-4-5-15(21)8-16/h4-8,14H,3,10-11H2,1-2H3,(H,24,26).